The van der Waals surface area contributed by atoms with E-state index < -0.39 is 5.41 Å². The summed E-state index contributed by atoms with van der Waals surface area (Å²) >= 11 is 0. The highest BCUT2D eigenvalue weighted by Gasteiger charge is 2.47. The zero-order chi connectivity index (χ0) is 95.2. The third-order valence-electron chi connectivity index (χ3n) is 29.4. The van der Waals surface area contributed by atoms with Gasteiger partial charge in [-0.3, -0.25) is 17.6 Å². The van der Waals surface area contributed by atoms with E-state index >= 15 is 0 Å². The molecule has 0 atom stereocenters. The van der Waals surface area contributed by atoms with Crippen LogP contribution in [0.5, 0.6) is 0 Å². The van der Waals surface area contributed by atoms with Gasteiger partial charge in [0.2, 0.25) is 0 Å². The van der Waals surface area contributed by atoms with Gasteiger partial charge in [0, 0.05) is 49.9 Å². The molecule has 0 N–H and O–H groups in total. The molecule has 0 spiro atoms. The van der Waals surface area contributed by atoms with Crippen molar-refractivity contribution >= 4 is 122 Å². The van der Waals surface area contributed by atoms with Crippen molar-refractivity contribution in [3.8, 4) is 112 Å². The van der Waals surface area contributed by atoms with Crippen LogP contribution in [0.25, 0.3) is 234 Å². The second-order valence-corrected chi connectivity index (χ2v) is 37.8. The molecular weight excluding hydrogens is 1760 g/mol. The lowest BCUT2D eigenvalue weighted by Crippen LogP contribution is -2.28. The number of oxazole rings is 4. The number of hydrogen-bond donors (Lipinski definition) is 0. The smallest absolute Gasteiger partial charge is 0.307 e. The van der Waals surface area contributed by atoms with Crippen LogP contribution in [0, 0.1) is 0 Å². The van der Waals surface area contributed by atoms with Crippen LogP contribution in [0.1, 0.15) is 47.2 Å². The molecule has 0 unspecified atom stereocenters. The quantitative estimate of drug-likeness (QED) is 0.133. The predicted octanol–water partition coefficient (Wildman–Crippen LogP) is 34.1. The minimum atomic E-state index is -0.494. The summed E-state index contributed by atoms with van der Waals surface area (Å²) in [6.45, 7) is 4.65. The van der Waals surface area contributed by atoms with Crippen molar-refractivity contribution in [1.29, 1.82) is 0 Å². The second kappa shape index (κ2) is 33.4. The van der Waals surface area contributed by atoms with Gasteiger partial charge >= 0.3 is 23.4 Å². The van der Waals surface area contributed by atoms with Crippen molar-refractivity contribution < 1.29 is 17.7 Å². The fourth-order valence-electron chi connectivity index (χ4n) is 22.8. The van der Waals surface area contributed by atoms with E-state index in [9.17, 15) is 0 Å². The Morgan fingerprint density at radius 3 is 0.917 bits per heavy atom. The highest BCUT2D eigenvalue weighted by atomic mass is 16.4. The Balaban J connectivity index is 0.0000000951. The summed E-state index contributed by atoms with van der Waals surface area (Å²) in [7, 11) is 0. The van der Waals surface area contributed by atoms with Gasteiger partial charge in [0.1, 0.15) is 22.8 Å². The second-order valence-electron chi connectivity index (χ2n) is 37.8. The molecule has 0 fully saturated rings. The van der Waals surface area contributed by atoms with Crippen molar-refractivity contribution in [3.63, 3.8) is 0 Å². The summed E-state index contributed by atoms with van der Waals surface area (Å²) in [5, 5.41) is 12.0. The largest absolute Gasteiger partial charge is 0.423 e. The van der Waals surface area contributed by atoms with Gasteiger partial charge in [0.15, 0.2) is 22.3 Å². The summed E-state index contributed by atoms with van der Waals surface area (Å²) in [6.07, 6.45) is 0. The third kappa shape index (κ3) is 13.3. The summed E-state index contributed by atoms with van der Waals surface area (Å²) in [6, 6.07) is 171. The molecule has 0 aliphatic heterocycles. The third-order valence-corrected chi connectivity index (χ3v) is 29.4. The molecule has 0 saturated heterocycles. The molecule has 8 heterocycles. The summed E-state index contributed by atoms with van der Waals surface area (Å²) in [5.74, 6) is 2.42. The lowest BCUT2D eigenvalue weighted by atomic mass is 9.67. The van der Waals surface area contributed by atoms with Gasteiger partial charge in [-0.05, 0) is 188 Å². The van der Waals surface area contributed by atoms with E-state index in [1.54, 1.807) is 0 Å². The first-order valence-electron chi connectivity index (χ1n) is 48.9. The summed E-state index contributed by atoms with van der Waals surface area (Å²) in [4.78, 5) is 20.2. The normalized spacial score (nSPS) is 12.8. The SMILES string of the molecule is CC1(C)c2ccccc2-c2ccc(-c3c(-c4cccc5ccccc45)nc4oc5ccccc5n34)cc21.c1ccc(-c2c(-c3ccc4ccccc4c3)nc3oc4ccccc4n23)cc1.c1ccc(C2(c3ccccc3)c3ccccc3-c3ccc(-c4c(-c5cccc6ccccc56)nc5oc6ccccc6n45)cc32)cc1.c1ccc2cc(-c3nc4oc5ccccc5n4c3-c3ccc4ccccc4c3)ccc2c1. The predicted molar refractivity (Wildman–Crippen MR) is 586 cm³/mol. The molecule has 12 heteroatoms. The van der Waals surface area contributed by atoms with Crippen LogP contribution in [0.15, 0.2) is 503 Å². The van der Waals surface area contributed by atoms with Gasteiger partial charge in [-0.1, -0.05) is 420 Å². The number of nitrogens with zero attached hydrogens (tertiary/aromatic N) is 8. The summed E-state index contributed by atoms with van der Waals surface area (Å²) < 4.78 is 33.5. The first-order chi connectivity index (χ1) is 71.2. The highest BCUT2D eigenvalue weighted by Crippen LogP contribution is 2.58. The molecular formula is C132H86N8O4. The number of benzene rings is 21. The molecule has 21 aromatic carbocycles. The van der Waals surface area contributed by atoms with Gasteiger partial charge in [0.05, 0.1) is 50.3 Å². The Labute approximate surface area is 826 Å². The number of fused-ring (bicyclic) bond motifs is 23. The maximum Gasteiger partial charge on any atom is 0.307 e. The fourth-order valence-corrected chi connectivity index (χ4v) is 22.8. The van der Waals surface area contributed by atoms with Crippen LogP contribution >= 0.6 is 0 Å². The monoisotopic (exact) mass is 1850 g/mol. The minimum Gasteiger partial charge on any atom is -0.423 e. The number of aromatic nitrogens is 8. The van der Waals surface area contributed by atoms with Crippen molar-refractivity contribution in [2.75, 3.05) is 0 Å². The topological polar surface area (TPSA) is 122 Å². The molecule has 2 aliphatic carbocycles. The molecule has 12 nitrogen and oxygen atoms in total. The molecule has 0 bridgehead atoms. The van der Waals surface area contributed by atoms with Crippen molar-refractivity contribution in [2.45, 2.75) is 24.7 Å². The van der Waals surface area contributed by atoms with Crippen molar-refractivity contribution in [2.24, 2.45) is 0 Å². The number of para-hydroxylation sites is 8. The van der Waals surface area contributed by atoms with Crippen LogP contribution < -0.4 is 0 Å². The maximum absolute atomic E-state index is 6.40. The molecule has 0 radical (unpaired) electrons. The zero-order valence-corrected chi connectivity index (χ0v) is 78.4. The van der Waals surface area contributed by atoms with E-state index in [1.165, 1.54) is 104 Å². The van der Waals surface area contributed by atoms with Crippen LogP contribution in [-0.2, 0) is 10.8 Å². The fraction of sp³-hybridized carbons (Fsp3) is 0.0303. The molecule has 29 aromatic rings. The molecule has 144 heavy (non-hydrogen) atoms. The van der Waals surface area contributed by atoms with Gasteiger partial charge < -0.3 is 17.7 Å². The molecule has 0 amide bonds. The van der Waals surface area contributed by atoms with Crippen LogP contribution in [0.2, 0.25) is 0 Å². The first-order valence-corrected chi connectivity index (χ1v) is 48.9. The number of imidazole rings is 4. The van der Waals surface area contributed by atoms with Crippen molar-refractivity contribution in [3.05, 3.63) is 519 Å². The number of rotatable bonds is 10. The Morgan fingerprint density at radius 2 is 0.472 bits per heavy atom. The van der Waals surface area contributed by atoms with Crippen LogP contribution in [0.3, 0.4) is 0 Å². The average Bonchev–Trinajstić information content (AvgIpc) is 1.53. The molecule has 678 valence electrons. The van der Waals surface area contributed by atoms with Gasteiger partial charge in [-0.25, -0.2) is 0 Å². The average molecular weight is 1850 g/mol. The maximum atomic E-state index is 6.40. The molecule has 2 aliphatic rings. The number of hydrogen-bond acceptors (Lipinski definition) is 8. The van der Waals surface area contributed by atoms with Gasteiger partial charge in [-0.15, -0.1) is 0 Å². The first kappa shape index (κ1) is 83.2. The Morgan fingerprint density at radius 1 is 0.188 bits per heavy atom. The summed E-state index contributed by atoms with van der Waals surface area (Å²) in [5.41, 5.74) is 36.5. The highest BCUT2D eigenvalue weighted by molar-refractivity contribution is 6.05. The lowest BCUT2D eigenvalue weighted by molar-refractivity contribution is 0.641. The van der Waals surface area contributed by atoms with Crippen LogP contribution in [-0.4, -0.2) is 37.5 Å². The van der Waals surface area contributed by atoms with Gasteiger partial charge in [-0.2, -0.15) is 19.9 Å². The Kier molecular flexibility index (Phi) is 19.3. The van der Waals surface area contributed by atoms with E-state index in [-0.39, 0.29) is 5.41 Å². The minimum absolute atomic E-state index is 0.0796. The lowest BCUT2D eigenvalue weighted by Gasteiger charge is -2.34. The Hall–Kier alpha value is -19.0. The van der Waals surface area contributed by atoms with E-state index in [0.717, 1.165) is 140 Å². The molecule has 31 rings (SSSR count). The Bertz CT molecular complexity index is 10100. The van der Waals surface area contributed by atoms with E-state index in [0.29, 0.717) is 23.4 Å². The molecule has 8 aromatic heterocycles. The standard InChI is InChI=1S/C44H28N2O.C34H24N2O.C29H18N2O.C25H16N2O/c1-3-16-31(17-4-1)44(32-18-5-2-6-19-32)37-23-10-9-21-34(37)35-27-26-30(28-38(35)44)42-41(36-22-13-15-29-14-7-8-20-33(29)36)45-43-46(42)39-24-11-12-25-40(39)47-43;1-34(2)27-15-6-5-13-24(27)25-19-18-22(20-28(25)34)32-31(26-14-9-11-21-10-3-4-12-23(21)26)35-33-36(32)29-16-7-8-17-30(29)37-33;1-3-9-21-17-23(15-13-19(21)7-1)27-28(24-16-14-20-8-2-4-10-22(20)18-24)31-25-11-5-6-12-26(25)32-29(31)30-27;1-2-9-18(10-3-1)24-23(20-15-14-17-8-4-5-11-19(17)16-20)26-25-27(24)21-12-6-7-13-22(21)28-25/h1-28H;3-20H,1-2H3;1-18H;1-16H. The molecule has 0 saturated carbocycles. The zero-order valence-electron chi connectivity index (χ0n) is 78.4. The van der Waals surface area contributed by atoms with E-state index in [1.807, 2.05) is 66.7 Å². The van der Waals surface area contributed by atoms with Crippen LogP contribution in [0.4, 0.5) is 0 Å². The van der Waals surface area contributed by atoms with E-state index in [2.05, 4.69) is 450 Å². The van der Waals surface area contributed by atoms with E-state index in [4.69, 9.17) is 37.6 Å². The van der Waals surface area contributed by atoms with Crippen molar-refractivity contribution in [1.82, 2.24) is 37.5 Å². The van der Waals surface area contributed by atoms with Gasteiger partial charge in [0.25, 0.3) is 0 Å².